The summed E-state index contributed by atoms with van der Waals surface area (Å²) in [5.74, 6) is 0.261. The van der Waals surface area contributed by atoms with Crippen LogP contribution < -0.4 is 5.73 Å². The van der Waals surface area contributed by atoms with Crippen molar-refractivity contribution in [3.63, 3.8) is 0 Å². The van der Waals surface area contributed by atoms with Crippen molar-refractivity contribution in [3.05, 3.63) is 0 Å². The van der Waals surface area contributed by atoms with Crippen molar-refractivity contribution >= 4 is 5.84 Å². The SMILES string of the molecule is CC(C)(C)C(N)=NCCC(F)(F)F. The summed E-state index contributed by atoms with van der Waals surface area (Å²) in [6, 6.07) is 0. The van der Waals surface area contributed by atoms with Crippen molar-refractivity contribution in [2.75, 3.05) is 6.54 Å². The Balaban J connectivity index is 4.00. The molecule has 0 heterocycles. The van der Waals surface area contributed by atoms with Crippen LogP contribution in [-0.4, -0.2) is 18.6 Å². The van der Waals surface area contributed by atoms with E-state index in [4.69, 9.17) is 5.73 Å². The van der Waals surface area contributed by atoms with Gasteiger partial charge in [0.15, 0.2) is 0 Å². The van der Waals surface area contributed by atoms with Crippen LogP contribution in [0.2, 0.25) is 0 Å². The van der Waals surface area contributed by atoms with Gasteiger partial charge in [-0.2, -0.15) is 13.2 Å². The molecule has 0 bridgehead atoms. The van der Waals surface area contributed by atoms with E-state index in [1.165, 1.54) is 0 Å². The molecule has 0 saturated heterocycles. The molecule has 0 atom stereocenters. The van der Waals surface area contributed by atoms with Crippen LogP contribution in [0.25, 0.3) is 0 Å². The van der Waals surface area contributed by atoms with Gasteiger partial charge in [-0.1, -0.05) is 20.8 Å². The molecular weight excluding hydrogens is 181 g/mol. The highest BCUT2D eigenvalue weighted by Crippen LogP contribution is 2.19. The fourth-order valence-corrected chi connectivity index (χ4v) is 0.540. The Labute approximate surface area is 76.0 Å². The van der Waals surface area contributed by atoms with Crippen molar-refractivity contribution in [2.24, 2.45) is 16.1 Å². The molecule has 13 heavy (non-hydrogen) atoms. The molecule has 0 aliphatic carbocycles. The number of hydrogen-bond acceptors (Lipinski definition) is 1. The predicted octanol–water partition coefficient (Wildman–Crippen LogP) is 2.34. The molecule has 0 rings (SSSR count). The van der Waals surface area contributed by atoms with Gasteiger partial charge in [0, 0.05) is 12.0 Å². The second-order valence-corrected chi connectivity index (χ2v) is 3.88. The number of aliphatic imine (C=N–C) groups is 1. The van der Waals surface area contributed by atoms with Crippen molar-refractivity contribution < 1.29 is 13.2 Å². The molecule has 0 radical (unpaired) electrons. The number of amidine groups is 1. The van der Waals surface area contributed by atoms with Gasteiger partial charge in [-0.3, -0.25) is 4.99 Å². The third kappa shape index (κ3) is 6.42. The lowest BCUT2D eigenvalue weighted by molar-refractivity contribution is -0.132. The van der Waals surface area contributed by atoms with Crippen molar-refractivity contribution in [3.8, 4) is 0 Å². The molecule has 0 fully saturated rings. The quantitative estimate of drug-likeness (QED) is 0.534. The lowest BCUT2D eigenvalue weighted by Gasteiger charge is -2.17. The summed E-state index contributed by atoms with van der Waals surface area (Å²) in [5, 5.41) is 0. The molecule has 0 unspecified atom stereocenters. The Morgan fingerprint density at radius 1 is 1.23 bits per heavy atom. The number of nitrogens with two attached hydrogens (primary N) is 1. The van der Waals surface area contributed by atoms with E-state index in [1.807, 2.05) is 0 Å². The van der Waals surface area contributed by atoms with Crippen LogP contribution in [0.5, 0.6) is 0 Å². The van der Waals surface area contributed by atoms with Crippen LogP contribution >= 0.6 is 0 Å². The van der Waals surface area contributed by atoms with E-state index in [0.29, 0.717) is 0 Å². The van der Waals surface area contributed by atoms with Gasteiger partial charge in [-0.25, -0.2) is 0 Å². The molecule has 0 aromatic rings. The molecule has 5 heteroatoms. The van der Waals surface area contributed by atoms with Crippen LogP contribution in [0.4, 0.5) is 13.2 Å². The minimum atomic E-state index is -4.15. The first kappa shape index (κ1) is 12.3. The molecule has 0 aliphatic heterocycles. The van der Waals surface area contributed by atoms with Crippen LogP contribution in [0.15, 0.2) is 4.99 Å². The molecule has 0 amide bonds. The Kier molecular flexibility index (Phi) is 3.75. The van der Waals surface area contributed by atoms with E-state index in [-0.39, 0.29) is 17.8 Å². The summed E-state index contributed by atoms with van der Waals surface area (Å²) in [4.78, 5) is 3.66. The monoisotopic (exact) mass is 196 g/mol. The predicted molar refractivity (Wildman–Crippen MR) is 46.6 cm³/mol. The summed E-state index contributed by atoms with van der Waals surface area (Å²) in [6.07, 6.45) is -5.06. The highest BCUT2D eigenvalue weighted by Gasteiger charge is 2.26. The first-order valence-corrected chi connectivity index (χ1v) is 4.00. The second-order valence-electron chi connectivity index (χ2n) is 3.88. The molecular formula is C8H15F3N2. The topological polar surface area (TPSA) is 38.4 Å². The third-order valence-corrected chi connectivity index (χ3v) is 1.45. The summed E-state index contributed by atoms with van der Waals surface area (Å²) in [6.45, 7) is 5.13. The van der Waals surface area contributed by atoms with Crippen molar-refractivity contribution in [1.82, 2.24) is 0 Å². The largest absolute Gasteiger partial charge is 0.390 e. The fraction of sp³-hybridized carbons (Fsp3) is 0.875. The maximum Gasteiger partial charge on any atom is 0.390 e. The van der Waals surface area contributed by atoms with E-state index < -0.39 is 12.6 Å². The van der Waals surface area contributed by atoms with Gasteiger partial charge in [0.2, 0.25) is 0 Å². The zero-order valence-electron chi connectivity index (χ0n) is 8.07. The van der Waals surface area contributed by atoms with Gasteiger partial charge in [0.05, 0.1) is 12.3 Å². The van der Waals surface area contributed by atoms with E-state index in [9.17, 15) is 13.2 Å². The van der Waals surface area contributed by atoms with Gasteiger partial charge in [-0.15, -0.1) is 0 Å². The average Bonchev–Trinajstić information content (AvgIpc) is 1.82. The number of alkyl halides is 3. The van der Waals surface area contributed by atoms with E-state index >= 15 is 0 Å². The Morgan fingerprint density at radius 3 is 2.00 bits per heavy atom. The Morgan fingerprint density at radius 2 is 1.69 bits per heavy atom. The fourth-order valence-electron chi connectivity index (χ4n) is 0.540. The molecule has 0 saturated carbocycles. The highest BCUT2D eigenvalue weighted by atomic mass is 19.4. The van der Waals surface area contributed by atoms with Crippen LogP contribution in [0.1, 0.15) is 27.2 Å². The van der Waals surface area contributed by atoms with Crippen LogP contribution in [0.3, 0.4) is 0 Å². The van der Waals surface area contributed by atoms with Gasteiger partial charge in [-0.05, 0) is 0 Å². The van der Waals surface area contributed by atoms with Gasteiger partial charge in [0.1, 0.15) is 0 Å². The Bertz CT molecular complexity index is 189. The minimum Gasteiger partial charge on any atom is -0.387 e. The molecule has 0 aromatic carbocycles. The van der Waals surface area contributed by atoms with Gasteiger partial charge in [0.25, 0.3) is 0 Å². The highest BCUT2D eigenvalue weighted by molar-refractivity contribution is 5.85. The number of halogens is 3. The standard InChI is InChI=1S/C8H15F3N2/c1-7(2,3)6(12)13-5-4-8(9,10)11/h4-5H2,1-3H3,(H2,12,13). The lowest BCUT2D eigenvalue weighted by Crippen LogP contribution is -2.29. The summed E-state index contributed by atoms with van der Waals surface area (Å²) in [5.41, 5.74) is 5.11. The zero-order chi connectivity index (χ0) is 10.7. The van der Waals surface area contributed by atoms with Crippen LogP contribution in [-0.2, 0) is 0 Å². The Hall–Kier alpha value is -0.740. The molecule has 2 N–H and O–H groups in total. The third-order valence-electron chi connectivity index (χ3n) is 1.45. The first-order chi connectivity index (χ1) is 5.63. The van der Waals surface area contributed by atoms with Crippen LogP contribution in [0, 0.1) is 5.41 Å². The first-order valence-electron chi connectivity index (χ1n) is 4.00. The average molecular weight is 196 g/mol. The zero-order valence-corrected chi connectivity index (χ0v) is 8.07. The second kappa shape index (κ2) is 3.98. The van der Waals surface area contributed by atoms with Crippen molar-refractivity contribution in [1.29, 1.82) is 0 Å². The number of hydrogen-bond donors (Lipinski definition) is 1. The van der Waals surface area contributed by atoms with E-state index in [1.54, 1.807) is 20.8 Å². The molecule has 0 spiro atoms. The molecule has 0 aromatic heterocycles. The maximum absolute atomic E-state index is 11.7. The summed E-state index contributed by atoms with van der Waals surface area (Å²) in [7, 11) is 0. The van der Waals surface area contributed by atoms with E-state index in [0.717, 1.165) is 0 Å². The molecule has 2 nitrogen and oxygen atoms in total. The van der Waals surface area contributed by atoms with E-state index in [2.05, 4.69) is 4.99 Å². The van der Waals surface area contributed by atoms with Gasteiger partial charge < -0.3 is 5.73 Å². The number of rotatable bonds is 2. The smallest absolute Gasteiger partial charge is 0.387 e. The summed E-state index contributed by atoms with van der Waals surface area (Å²) < 4.78 is 35.1. The van der Waals surface area contributed by atoms with Gasteiger partial charge >= 0.3 is 6.18 Å². The normalized spacial score (nSPS) is 14.8. The lowest BCUT2D eigenvalue weighted by atomic mass is 9.95. The van der Waals surface area contributed by atoms with Crippen molar-refractivity contribution in [2.45, 2.75) is 33.4 Å². The molecule has 78 valence electrons. The minimum absolute atomic E-state index is 0.261. The maximum atomic E-state index is 11.7. The molecule has 0 aliphatic rings. The number of nitrogens with zero attached hydrogens (tertiary/aromatic N) is 1. The summed E-state index contributed by atoms with van der Waals surface area (Å²) >= 11 is 0.